The first-order valence-corrected chi connectivity index (χ1v) is 5.25. The maximum Gasteiger partial charge on any atom is 0.247 e. The number of benzene rings is 1. The molecule has 4 heteroatoms. The lowest BCUT2D eigenvalue weighted by atomic mass is 10.1. The minimum absolute atomic E-state index is 0.577. The highest BCUT2D eigenvalue weighted by Gasteiger charge is 2.08. The van der Waals surface area contributed by atoms with E-state index in [4.69, 9.17) is 4.42 Å². The van der Waals surface area contributed by atoms with Gasteiger partial charge >= 0.3 is 0 Å². The molecule has 0 unspecified atom stereocenters. The maximum atomic E-state index is 5.52. The Bertz CT molecular complexity index is 491. The average molecular weight is 217 g/mol. The van der Waals surface area contributed by atoms with Gasteiger partial charge in [0.1, 0.15) is 0 Å². The number of nitrogens with zero attached hydrogens (tertiary/aromatic N) is 2. The fraction of sp³-hybridized carbons (Fsp3) is 0.333. The van der Waals surface area contributed by atoms with E-state index in [0.29, 0.717) is 18.3 Å². The number of hydrogen-bond donors (Lipinski definition) is 1. The molecule has 1 aromatic heterocycles. The van der Waals surface area contributed by atoms with Crippen LogP contribution in [0.25, 0.3) is 11.5 Å². The molecule has 0 saturated heterocycles. The average Bonchev–Trinajstić information content (AvgIpc) is 2.71. The SMILES string of the molecule is CNCc1nnc(-c2ccc(C)c(C)c2)o1. The Kier molecular flexibility index (Phi) is 3.01. The highest BCUT2D eigenvalue weighted by molar-refractivity contribution is 5.55. The number of rotatable bonds is 3. The van der Waals surface area contributed by atoms with Crippen LogP contribution < -0.4 is 5.32 Å². The molecule has 1 aromatic carbocycles. The fourth-order valence-electron chi connectivity index (χ4n) is 1.47. The van der Waals surface area contributed by atoms with Gasteiger partial charge in [-0.2, -0.15) is 0 Å². The molecule has 0 atom stereocenters. The minimum atomic E-state index is 0.577. The number of hydrogen-bond acceptors (Lipinski definition) is 4. The van der Waals surface area contributed by atoms with E-state index in [0.717, 1.165) is 5.56 Å². The smallest absolute Gasteiger partial charge is 0.247 e. The molecule has 0 amide bonds. The standard InChI is InChI=1S/C12H15N3O/c1-8-4-5-10(6-9(8)2)12-15-14-11(16-12)7-13-3/h4-6,13H,7H2,1-3H3. The van der Waals surface area contributed by atoms with Crippen molar-refractivity contribution in [2.45, 2.75) is 20.4 Å². The third-order valence-electron chi connectivity index (χ3n) is 2.55. The largest absolute Gasteiger partial charge is 0.419 e. The molecule has 84 valence electrons. The van der Waals surface area contributed by atoms with Crippen molar-refractivity contribution in [3.8, 4) is 11.5 Å². The van der Waals surface area contributed by atoms with E-state index in [1.54, 1.807) is 0 Å². The predicted molar refractivity (Wildman–Crippen MR) is 62.0 cm³/mol. The summed E-state index contributed by atoms with van der Waals surface area (Å²) in [7, 11) is 1.85. The highest BCUT2D eigenvalue weighted by atomic mass is 16.4. The second-order valence-corrected chi connectivity index (χ2v) is 3.83. The second-order valence-electron chi connectivity index (χ2n) is 3.83. The van der Waals surface area contributed by atoms with Gasteiger partial charge in [-0.1, -0.05) is 6.07 Å². The van der Waals surface area contributed by atoms with Gasteiger partial charge in [0.05, 0.1) is 6.54 Å². The van der Waals surface area contributed by atoms with Crippen molar-refractivity contribution in [2.24, 2.45) is 0 Å². The van der Waals surface area contributed by atoms with Crippen LogP contribution >= 0.6 is 0 Å². The summed E-state index contributed by atoms with van der Waals surface area (Å²) >= 11 is 0. The molecule has 2 rings (SSSR count). The Balaban J connectivity index is 2.31. The van der Waals surface area contributed by atoms with E-state index in [1.807, 2.05) is 13.1 Å². The van der Waals surface area contributed by atoms with Crippen molar-refractivity contribution >= 4 is 0 Å². The summed E-state index contributed by atoms with van der Waals surface area (Å²) in [5.41, 5.74) is 3.46. The van der Waals surface area contributed by atoms with Crippen LogP contribution in [0.5, 0.6) is 0 Å². The Morgan fingerprint density at radius 2 is 2.00 bits per heavy atom. The Morgan fingerprint density at radius 3 is 2.69 bits per heavy atom. The molecule has 4 nitrogen and oxygen atoms in total. The predicted octanol–water partition coefficient (Wildman–Crippen LogP) is 2.07. The normalized spacial score (nSPS) is 10.7. The van der Waals surface area contributed by atoms with Gasteiger partial charge in [0.15, 0.2) is 0 Å². The zero-order valence-electron chi connectivity index (χ0n) is 9.74. The van der Waals surface area contributed by atoms with Crippen LogP contribution in [0.1, 0.15) is 17.0 Å². The van der Waals surface area contributed by atoms with Crippen molar-refractivity contribution in [2.75, 3.05) is 7.05 Å². The van der Waals surface area contributed by atoms with Crippen LogP contribution in [0.4, 0.5) is 0 Å². The van der Waals surface area contributed by atoms with Crippen molar-refractivity contribution in [1.29, 1.82) is 0 Å². The van der Waals surface area contributed by atoms with E-state index in [-0.39, 0.29) is 0 Å². The molecule has 0 spiro atoms. The van der Waals surface area contributed by atoms with Gasteiger partial charge < -0.3 is 9.73 Å². The maximum absolute atomic E-state index is 5.52. The van der Waals surface area contributed by atoms with Crippen LogP contribution in [-0.4, -0.2) is 17.2 Å². The van der Waals surface area contributed by atoms with E-state index in [1.165, 1.54) is 11.1 Å². The third-order valence-corrected chi connectivity index (χ3v) is 2.55. The van der Waals surface area contributed by atoms with E-state index in [2.05, 4.69) is 41.5 Å². The van der Waals surface area contributed by atoms with Gasteiger partial charge in [-0.05, 0) is 44.2 Å². The van der Waals surface area contributed by atoms with Gasteiger partial charge in [-0.15, -0.1) is 10.2 Å². The van der Waals surface area contributed by atoms with E-state index in [9.17, 15) is 0 Å². The van der Waals surface area contributed by atoms with Crippen molar-refractivity contribution in [3.05, 3.63) is 35.2 Å². The number of nitrogens with one attached hydrogen (secondary N) is 1. The Labute approximate surface area is 94.7 Å². The molecule has 2 aromatic rings. The topological polar surface area (TPSA) is 51.0 Å². The van der Waals surface area contributed by atoms with Gasteiger partial charge in [-0.25, -0.2) is 0 Å². The first kappa shape index (κ1) is 10.8. The lowest BCUT2D eigenvalue weighted by molar-refractivity contribution is 0.490. The zero-order chi connectivity index (χ0) is 11.5. The van der Waals surface area contributed by atoms with Crippen LogP contribution in [0.3, 0.4) is 0 Å². The third kappa shape index (κ3) is 2.12. The molecular weight excluding hydrogens is 202 g/mol. The minimum Gasteiger partial charge on any atom is -0.419 e. The van der Waals surface area contributed by atoms with E-state index >= 15 is 0 Å². The zero-order valence-corrected chi connectivity index (χ0v) is 9.74. The van der Waals surface area contributed by atoms with Crippen LogP contribution in [0, 0.1) is 13.8 Å². The summed E-state index contributed by atoms with van der Waals surface area (Å²) in [6.07, 6.45) is 0. The lowest BCUT2D eigenvalue weighted by Crippen LogP contribution is -2.04. The molecule has 0 aliphatic rings. The summed E-state index contributed by atoms with van der Waals surface area (Å²) in [6, 6.07) is 6.12. The van der Waals surface area contributed by atoms with Gasteiger partial charge in [0, 0.05) is 5.56 Å². The quantitative estimate of drug-likeness (QED) is 0.855. The Hall–Kier alpha value is -1.68. The van der Waals surface area contributed by atoms with Crippen molar-refractivity contribution in [1.82, 2.24) is 15.5 Å². The molecule has 16 heavy (non-hydrogen) atoms. The summed E-state index contributed by atoms with van der Waals surface area (Å²) < 4.78 is 5.52. The van der Waals surface area contributed by atoms with Gasteiger partial charge in [-0.3, -0.25) is 0 Å². The molecule has 0 bridgehead atoms. The summed E-state index contributed by atoms with van der Waals surface area (Å²) in [5, 5.41) is 10.9. The van der Waals surface area contributed by atoms with Crippen LogP contribution in [0.2, 0.25) is 0 Å². The summed E-state index contributed by atoms with van der Waals surface area (Å²) in [5.74, 6) is 1.18. The van der Waals surface area contributed by atoms with Crippen LogP contribution in [-0.2, 0) is 6.54 Å². The van der Waals surface area contributed by atoms with E-state index < -0.39 is 0 Å². The lowest BCUT2D eigenvalue weighted by Gasteiger charge is -2.00. The van der Waals surface area contributed by atoms with Crippen molar-refractivity contribution < 1.29 is 4.42 Å². The molecule has 0 saturated carbocycles. The molecule has 0 aliphatic carbocycles. The molecule has 0 aliphatic heterocycles. The first-order valence-electron chi connectivity index (χ1n) is 5.25. The van der Waals surface area contributed by atoms with Gasteiger partial charge in [0.25, 0.3) is 0 Å². The monoisotopic (exact) mass is 217 g/mol. The summed E-state index contributed by atoms with van der Waals surface area (Å²) in [6.45, 7) is 4.75. The highest BCUT2D eigenvalue weighted by Crippen LogP contribution is 2.20. The van der Waals surface area contributed by atoms with Crippen molar-refractivity contribution in [3.63, 3.8) is 0 Å². The molecular formula is C12H15N3O. The second kappa shape index (κ2) is 4.45. The number of aromatic nitrogens is 2. The fourth-order valence-corrected chi connectivity index (χ4v) is 1.47. The number of aryl methyl sites for hydroxylation is 2. The molecule has 0 fully saturated rings. The summed E-state index contributed by atoms with van der Waals surface area (Å²) in [4.78, 5) is 0. The molecule has 0 radical (unpaired) electrons. The van der Waals surface area contributed by atoms with Crippen LogP contribution in [0.15, 0.2) is 22.6 Å². The molecule has 1 N–H and O–H groups in total. The Morgan fingerprint density at radius 1 is 1.19 bits per heavy atom. The first-order chi connectivity index (χ1) is 7.70. The van der Waals surface area contributed by atoms with Gasteiger partial charge in [0.2, 0.25) is 11.8 Å². The molecule has 1 heterocycles.